The van der Waals surface area contributed by atoms with Crippen molar-refractivity contribution < 1.29 is 9.53 Å². The zero-order chi connectivity index (χ0) is 27.7. The lowest BCUT2D eigenvalue weighted by Crippen LogP contribution is -2.14. The molecule has 0 atom stereocenters. The van der Waals surface area contributed by atoms with Gasteiger partial charge in [0, 0.05) is 47.8 Å². The van der Waals surface area contributed by atoms with Gasteiger partial charge in [0.2, 0.25) is 0 Å². The van der Waals surface area contributed by atoms with Crippen molar-refractivity contribution in [3.8, 4) is 5.75 Å². The normalized spacial score (nSPS) is 11.8. The molecule has 3 aromatic carbocycles. The summed E-state index contributed by atoms with van der Waals surface area (Å²) in [5.74, 6) is 0.710. The van der Waals surface area contributed by atoms with Crippen LogP contribution in [0.5, 0.6) is 5.75 Å². The summed E-state index contributed by atoms with van der Waals surface area (Å²) in [6, 6.07) is 21.8. The van der Waals surface area contributed by atoms with Crippen molar-refractivity contribution in [1.29, 1.82) is 0 Å². The molecule has 0 radical (unpaired) electrons. The van der Waals surface area contributed by atoms with Gasteiger partial charge in [0.1, 0.15) is 12.0 Å². The van der Waals surface area contributed by atoms with E-state index in [4.69, 9.17) is 16.3 Å². The lowest BCUT2D eigenvalue weighted by Gasteiger charge is -2.21. The van der Waals surface area contributed by atoms with E-state index >= 15 is 0 Å². The Morgan fingerprint density at radius 3 is 2.42 bits per heavy atom. The number of carbonyl (C=O) groups excluding carboxylic acids is 1. The Balaban J connectivity index is 1.92. The smallest absolute Gasteiger partial charge is 0.144 e. The molecular formula is C32H36ClN3O2. The van der Waals surface area contributed by atoms with Crippen LogP contribution in [0.1, 0.15) is 31.9 Å². The summed E-state index contributed by atoms with van der Waals surface area (Å²) in [7, 11) is 2.00. The largest absolute Gasteiger partial charge is 0.489 e. The maximum absolute atomic E-state index is 11.6. The second kappa shape index (κ2) is 13.5. The molecule has 2 N–H and O–H groups in total. The summed E-state index contributed by atoms with van der Waals surface area (Å²) in [5.41, 5.74) is 6.91. The molecule has 3 aromatic rings. The van der Waals surface area contributed by atoms with Gasteiger partial charge in [-0.2, -0.15) is 0 Å². The predicted octanol–water partition coefficient (Wildman–Crippen LogP) is 8.27. The molecule has 0 aliphatic rings. The molecule has 0 saturated carbocycles. The quantitative estimate of drug-likeness (QED) is 0.140. The summed E-state index contributed by atoms with van der Waals surface area (Å²) in [5, 5.41) is 7.52. The molecule has 0 saturated heterocycles. The number of allylic oxidation sites excluding steroid dienone is 2. The molecule has 0 spiro atoms. The second-order valence-corrected chi connectivity index (χ2v) is 9.94. The Labute approximate surface area is 231 Å². The number of nitrogens with one attached hydrogen (secondary N) is 2. The molecule has 0 heterocycles. The number of halogens is 1. The fourth-order valence-electron chi connectivity index (χ4n) is 3.86. The molecule has 0 unspecified atom stereocenters. The highest BCUT2D eigenvalue weighted by atomic mass is 35.5. The maximum atomic E-state index is 11.6. The minimum absolute atomic E-state index is 0.000381. The van der Waals surface area contributed by atoms with E-state index in [1.165, 1.54) is 11.6 Å². The SMILES string of the molecule is C=C(C)C(=CN(C)Cc1ccccc1)/C(=C\C=O)Nc1ccc(OC(C)C)c(Nc2ccc(C)c(Cl)c2)c1. The Kier molecular flexibility index (Phi) is 10.2. The van der Waals surface area contributed by atoms with Gasteiger partial charge in [-0.15, -0.1) is 0 Å². The van der Waals surface area contributed by atoms with Crippen molar-refractivity contribution >= 4 is 34.9 Å². The topological polar surface area (TPSA) is 53.6 Å². The summed E-state index contributed by atoms with van der Waals surface area (Å²) in [6.07, 6.45) is 4.29. The number of carbonyl (C=O) groups is 1. The zero-order valence-corrected chi connectivity index (χ0v) is 23.5. The van der Waals surface area contributed by atoms with Gasteiger partial charge in [-0.05, 0) is 74.7 Å². The number of rotatable bonds is 12. The van der Waals surface area contributed by atoms with Gasteiger partial charge in [-0.25, -0.2) is 0 Å². The average molecular weight is 530 g/mol. The van der Waals surface area contributed by atoms with Gasteiger partial charge in [-0.3, -0.25) is 4.79 Å². The fraction of sp³-hybridized carbons (Fsp3) is 0.219. The van der Waals surface area contributed by atoms with Gasteiger partial charge in [0.25, 0.3) is 0 Å². The van der Waals surface area contributed by atoms with Gasteiger partial charge in [-0.1, -0.05) is 54.6 Å². The molecule has 0 aliphatic carbocycles. The average Bonchev–Trinajstić information content (AvgIpc) is 2.86. The number of aldehydes is 1. The minimum Gasteiger partial charge on any atom is -0.489 e. The molecule has 0 aliphatic heterocycles. The van der Waals surface area contributed by atoms with Crippen molar-refractivity contribution in [2.75, 3.05) is 17.7 Å². The van der Waals surface area contributed by atoms with Crippen LogP contribution in [0.15, 0.2) is 102 Å². The standard InChI is InChI=1S/C32H36ClN3O2/c1-22(2)28(21-36(6)20-25-10-8-7-9-11-25)30(16-17-37)34-27-14-15-32(38-23(3)4)31(19-27)35-26-13-12-24(5)29(33)18-26/h7-19,21,23,34-35H,1,20H2,2-6H3/b28-21?,30-16+. The first-order valence-electron chi connectivity index (χ1n) is 12.5. The van der Waals surface area contributed by atoms with Gasteiger partial charge in [0.15, 0.2) is 0 Å². The lowest BCUT2D eigenvalue weighted by atomic mass is 10.1. The summed E-state index contributed by atoms with van der Waals surface area (Å²) < 4.78 is 6.05. The number of ether oxygens (including phenoxy) is 1. The number of hydrogen-bond donors (Lipinski definition) is 2. The fourth-order valence-corrected chi connectivity index (χ4v) is 4.04. The van der Waals surface area contributed by atoms with Gasteiger partial charge >= 0.3 is 0 Å². The van der Waals surface area contributed by atoms with Crippen molar-refractivity contribution in [1.82, 2.24) is 4.90 Å². The van der Waals surface area contributed by atoms with E-state index in [1.807, 2.05) is 95.5 Å². The minimum atomic E-state index is -0.000381. The Hall–Kier alpha value is -3.96. The number of nitrogens with zero attached hydrogens (tertiary/aromatic N) is 1. The van der Waals surface area contributed by atoms with Gasteiger partial charge < -0.3 is 20.3 Å². The van der Waals surface area contributed by atoms with Crippen LogP contribution in [0.25, 0.3) is 0 Å². The van der Waals surface area contributed by atoms with Crippen LogP contribution in [-0.2, 0) is 11.3 Å². The van der Waals surface area contributed by atoms with Crippen molar-refractivity contribution in [3.05, 3.63) is 119 Å². The molecule has 0 aromatic heterocycles. The van der Waals surface area contributed by atoms with Crippen LogP contribution in [-0.4, -0.2) is 24.3 Å². The van der Waals surface area contributed by atoms with E-state index in [2.05, 4.69) is 34.2 Å². The van der Waals surface area contributed by atoms with E-state index < -0.39 is 0 Å². The Bertz CT molecular complexity index is 1330. The summed E-state index contributed by atoms with van der Waals surface area (Å²) in [4.78, 5) is 13.7. The highest BCUT2D eigenvalue weighted by Crippen LogP contribution is 2.34. The van der Waals surface area contributed by atoms with Crippen LogP contribution < -0.4 is 15.4 Å². The summed E-state index contributed by atoms with van der Waals surface area (Å²) >= 11 is 6.35. The number of aryl methyl sites for hydroxylation is 1. The molecule has 3 rings (SSSR count). The van der Waals surface area contributed by atoms with Crippen molar-refractivity contribution in [2.24, 2.45) is 0 Å². The van der Waals surface area contributed by atoms with E-state index in [0.717, 1.165) is 46.6 Å². The zero-order valence-electron chi connectivity index (χ0n) is 22.7. The highest BCUT2D eigenvalue weighted by Gasteiger charge is 2.13. The molecule has 0 bridgehead atoms. The van der Waals surface area contributed by atoms with Crippen LogP contribution in [0.4, 0.5) is 17.1 Å². The van der Waals surface area contributed by atoms with Crippen LogP contribution in [0, 0.1) is 6.92 Å². The van der Waals surface area contributed by atoms with E-state index in [0.29, 0.717) is 16.5 Å². The summed E-state index contributed by atoms with van der Waals surface area (Å²) in [6.45, 7) is 12.7. The van der Waals surface area contributed by atoms with E-state index in [1.54, 1.807) is 0 Å². The van der Waals surface area contributed by atoms with E-state index in [9.17, 15) is 4.79 Å². The molecular weight excluding hydrogens is 494 g/mol. The first-order valence-corrected chi connectivity index (χ1v) is 12.9. The highest BCUT2D eigenvalue weighted by molar-refractivity contribution is 6.31. The maximum Gasteiger partial charge on any atom is 0.144 e. The Morgan fingerprint density at radius 2 is 1.79 bits per heavy atom. The third-order valence-electron chi connectivity index (χ3n) is 5.68. The number of anilines is 3. The first kappa shape index (κ1) is 28.6. The molecule has 0 fully saturated rings. The monoisotopic (exact) mass is 529 g/mol. The first-order chi connectivity index (χ1) is 18.2. The van der Waals surface area contributed by atoms with E-state index in [-0.39, 0.29) is 6.10 Å². The molecule has 5 nitrogen and oxygen atoms in total. The lowest BCUT2D eigenvalue weighted by molar-refractivity contribution is -0.104. The third-order valence-corrected chi connectivity index (χ3v) is 6.09. The molecule has 38 heavy (non-hydrogen) atoms. The van der Waals surface area contributed by atoms with Crippen LogP contribution in [0.3, 0.4) is 0 Å². The predicted molar refractivity (Wildman–Crippen MR) is 160 cm³/mol. The van der Waals surface area contributed by atoms with Crippen LogP contribution in [0.2, 0.25) is 5.02 Å². The Morgan fingerprint density at radius 1 is 1.08 bits per heavy atom. The van der Waals surface area contributed by atoms with Gasteiger partial charge in [0.05, 0.1) is 17.5 Å². The second-order valence-electron chi connectivity index (χ2n) is 9.53. The molecule has 0 amide bonds. The number of benzene rings is 3. The van der Waals surface area contributed by atoms with Crippen LogP contribution >= 0.6 is 11.6 Å². The number of hydrogen-bond acceptors (Lipinski definition) is 5. The van der Waals surface area contributed by atoms with Crippen molar-refractivity contribution in [3.63, 3.8) is 0 Å². The molecule has 6 heteroatoms. The third kappa shape index (κ3) is 8.29. The molecule has 198 valence electrons. The van der Waals surface area contributed by atoms with Crippen molar-refractivity contribution in [2.45, 2.75) is 40.3 Å².